The number of hydroxylamine groups is 2. The van der Waals surface area contributed by atoms with Crippen molar-refractivity contribution in [1.29, 1.82) is 0 Å². The van der Waals surface area contributed by atoms with Crippen molar-refractivity contribution >= 4 is 17.7 Å². The number of rotatable bonds is 5. The fourth-order valence-electron chi connectivity index (χ4n) is 6.31. The number of amides is 3. The predicted molar refractivity (Wildman–Crippen MR) is 149 cm³/mol. The van der Waals surface area contributed by atoms with E-state index in [1.165, 1.54) is 45.7 Å². The fourth-order valence-corrected chi connectivity index (χ4v) is 6.31. The Morgan fingerprint density at radius 1 is 1.11 bits per heavy atom. The molecule has 0 unspecified atom stereocenters. The van der Waals surface area contributed by atoms with Crippen LogP contribution in [0.1, 0.15) is 69.8 Å². The number of benzene rings is 2. The zero-order valence-corrected chi connectivity index (χ0v) is 23.9. The van der Waals surface area contributed by atoms with Gasteiger partial charge >= 0.3 is 0 Å². The molecule has 10 nitrogen and oxygen atoms in total. The van der Waals surface area contributed by atoms with Crippen molar-refractivity contribution in [3.8, 4) is 5.75 Å². The van der Waals surface area contributed by atoms with Gasteiger partial charge in [0.2, 0.25) is 11.3 Å². The molecule has 3 amide bonds. The Morgan fingerprint density at radius 2 is 1.80 bits per heavy atom. The number of hydrogen-bond acceptors (Lipinski definition) is 6. The van der Waals surface area contributed by atoms with Crippen molar-refractivity contribution in [2.24, 2.45) is 0 Å². The molecule has 3 aromatic rings. The second kappa shape index (κ2) is 10.8. The smallest absolute Gasteiger partial charge is 0.274 e. The van der Waals surface area contributed by atoms with Gasteiger partial charge < -0.3 is 19.9 Å². The number of nitrogens with one attached hydrogen (secondary N) is 1. The molecular formula is C31H29F3N4O6. The molecule has 0 radical (unpaired) electrons. The summed E-state index contributed by atoms with van der Waals surface area (Å²) in [5.41, 5.74) is -2.68. The summed E-state index contributed by atoms with van der Waals surface area (Å²) >= 11 is 0. The normalized spacial score (nSPS) is 22.8. The maximum Gasteiger partial charge on any atom is 0.274 e. The molecule has 2 saturated heterocycles. The van der Waals surface area contributed by atoms with Gasteiger partial charge in [-0.1, -0.05) is 12.1 Å². The third kappa shape index (κ3) is 4.90. The van der Waals surface area contributed by atoms with Crippen LogP contribution in [0, 0.1) is 24.4 Å². The quantitative estimate of drug-likeness (QED) is 0.457. The Hall–Kier alpha value is -4.65. The van der Waals surface area contributed by atoms with E-state index in [2.05, 4.69) is 5.32 Å². The first-order valence-corrected chi connectivity index (χ1v) is 14.1. The molecule has 44 heavy (non-hydrogen) atoms. The van der Waals surface area contributed by atoms with E-state index in [1.807, 2.05) is 6.92 Å². The zero-order chi connectivity index (χ0) is 31.5. The van der Waals surface area contributed by atoms with Gasteiger partial charge in [-0.25, -0.2) is 18.2 Å². The van der Waals surface area contributed by atoms with Crippen LogP contribution in [-0.2, 0) is 22.7 Å². The van der Waals surface area contributed by atoms with Crippen molar-refractivity contribution < 1.29 is 37.5 Å². The first-order chi connectivity index (χ1) is 20.9. The summed E-state index contributed by atoms with van der Waals surface area (Å²) in [5, 5.41) is 14.5. The van der Waals surface area contributed by atoms with Gasteiger partial charge in [0.25, 0.3) is 11.8 Å². The number of aromatic nitrogens is 1. The topological polar surface area (TPSA) is 121 Å². The van der Waals surface area contributed by atoms with Crippen LogP contribution in [-0.4, -0.2) is 55.5 Å². The Balaban J connectivity index is 1.36. The number of carbonyl (C=O) groups excluding carboxylic acids is 3. The van der Waals surface area contributed by atoms with E-state index in [4.69, 9.17) is 4.84 Å². The van der Waals surface area contributed by atoms with Crippen LogP contribution in [0.15, 0.2) is 47.4 Å². The van der Waals surface area contributed by atoms with Crippen LogP contribution in [0.2, 0.25) is 0 Å². The van der Waals surface area contributed by atoms with Crippen molar-refractivity contribution in [3.05, 3.63) is 98.2 Å². The summed E-state index contributed by atoms with van der Waals surface area (Å²) < 4.78 is 43.5. The molecule has 3 atom stereocenters. The molecule has 2 N–H and O–H groups in total. The van der Waals surface area contributed by atoms with Gasteiger partial charge in [0.05, 0.1) is 19.0 Å². The Morgan fingerprint density at radius 3 is 2.48 bits per heavy atom. The number of fused-ring (bicyclic) bond motifs is 5. The molecule has 4 heterocycles. The van der Waals surface area contributed by atoms with E-state index in [0.717, 1.165) is 18.3 Å². The minimum absolute atomic E-state index is 0.0356. The second-order valence-electron chi connectivity index (χ2n) is 11.6. The minimum atomic E-state index is -1.21. The lowest BCUT2D eigenvalue weighted by molar-refractivity contribution is -0.218. The molecule has 0 aliphatic carbocycles. The monoisotopic (exact) mass is 610 g/mol. The lowest BCUT2D eigenvalue weighted by atomic mass is 9.85. The molecule has 3 aliphatic heterocycles. The van der Waals surface area contributed by atoms with Gasteiger partial charge in [-0.05, 0) is 62.1 Å². The predicted octanol–water partition coefficient (Wildman–Crippen LogP) is 3.49. The minimum Gasteiger partial charge on any atom is -0.503 e. The van der Waals surface area contributed by atoms with Crippen molar-refractivity contribution in [2.45, 2.75) is 63.9 Å². The lowest BCUT2D eigenvalue weighted by Gasteiger charge is -2.42. The SMILES string of the molecule is Cc1cc(F)c(CNC(=O)c2cn3c(c(O)c2=O)C(=O)N2C[C@@H]3[C@]3(CC[C@@H]2C)CC(=O)N(Cc2ccc(F)cc2)O3)c(F)c1. The number of halogens is 3. The van der Waals surface area contributed by atoms with Crippen molar-refractivity contribution in [2.75, 3.05) is 6.54 Å². The Bertz CT molecular complexity index is 1740. The third-order valence-electron chi connectivity index (χ3n) is 8.72. The Kier molecular flexibility index (Phi) is 7.23. The van der Waals surface area contributed by atoms with Gasteiger partial charge in [0.15, 0.2) is 11.4 Å². The highest BCUT2D eigenvalue weighted by Gasteiger charge is 2.56. The number of hydrogen-bond donors (Lipinski definition) is 2. The van der Waals surface area contributed by atoms with Gasteiger partial charge in [0.1, 0.15) is 28.6 Å². The largest absolute Gasteiger partial charge is 0.503 e. The molecule has 6 rings (SSSR count). The van der Waals surface area contributed by atoms with E-state index >= 15 is 0 Å². The number of nitrogens with zero attached hydrogens (tertiary/aromatic N) is 3. The molecule has 1 aromatic heterocycles. The Labute approximate surface area is 249 Å². The van der Waals surface area contributed by atoms with Crippen LogP contribution < -0.4 is 10.7 Å². The average molecular weight is 611 g/mol. The maximum atomic E-state index is 14.4. The second-order valence-corrected chi connectivity index (χ2v) is 11.6. The van der Waals surface area contributed by atoms with Crippen molar-refractivity contribution in [3.63, 3.8) is 0 Å². The van der Waals surface area contributed by atoms with Gasteiger partial charge in [-0.2, -0.15) is 0 Å². The van der Waals surface area contributed by atoms with E-state index in [1.54, 1.807) is 0 Å². The molecule has 2 bridgehead atoms. The molecular weight excluding hydrogens is 581 g/mol. The van der Waals surface area contributed by atoms with Gasteiger partial charge in [-0.3, -0.25) is 24.0 Å². The van der Waals surface area contributed by atoms with Gasteiger partial charge in [-0.15, -0.1) is 0 Å². The summed E-state index contributed by atoms with van der Waals surface area (Å²) in [7, 11) is 0. The summed E-state index contributed by atoms with van der Waals surface area (Å²) in [6.45, 7) is 2.85. The summed E-state index contributed by atoms with van der Waals surface area (Å²) in [5.74, 6) is -5.12. The first kappa shape index (κ1) is 29.4. The first-order valence-electron chi connectivity index (χ1n) is 14.1. The van der Waals surface area contributed by atoms with Crippen LogP contribution in [0.25, 0.3) is 0 Å². The van der Waals surface area contributed by atoms with E-state index in [-0.39, 0.29) is 37.2 Å². The van der Waals surface area contributed by atoms with Crippen molar-refractivity contribution in [1.82, 2.24) is 19.8 Å². The third-order valence-corrected chi connectivity index (χ3v) is 8.72. The molecule has 2 aromatic carbocycles. The number of aromatic hydroxyl groups is 1. The maximum absolute atomic E-state index is 14.4. The molecule has 3 aliphatic rings. The summed E-state index contributed by atoms with van der Waals surface area (Å²) in [6, 6.07) is 6.70. The molecule has 230 valence electrons. The van der Waals surface area contributed by atoms with Crippen LogP contribution in [0.3, 0.4) is 0 Å². The molecule has 0 saturated carbocycles. The van der Waals surface area contributed by atoms with E-state index in [0.29, 0.717) is 24.0 Å². The van der Waals surface area contributed by atoms with E-state index < -0.39 is 69.8 Å². The average Bonchev–Trinajstić information content (AvgIpc) is 3.22. The number of aryl methyl sites for hydroxylation is 1. The van der Waals surface area contributed by atoms with E-state index in [9.17, 15) is 37.5 Å². The summed E-state index contributed by atoms with van der Waals surface area (Å²) in [6.07, 6.45) is 1.81. The molecule has 13 heteroatoms. The summed E-state index contributed by atoms with van der Waals surface area (Å²) in [4.78, 5) is 61.0. The number of pyridine rings is 1. The fraction of sp³-hybridized carbons (Fsp3) is 0.355. The highest BCUT2D eigenvalue weighted by molar-refractivity contribution is 5.99. The molecule has 2 fully saturated rings. The van der Waals surface area contributed by atoms with Crippen LogP contribution >= 0.6 is 0 Å². The molecule has 1 spiro atoms. The lowest BCUT2D eigenvalue weighted by Crippen LogP contribution is -2.52. The highest BCUT2D eigenvalue weighted by Crippen LogP contribution is 2.47. The van der Waals surface area contributed by atoms with Crippen LogP contribution in [0.4, 0.5) is 13.2 Å². The number of carbonyl (C=O) groups is 3. The standard InChI is InChI=1S/C31H29F3N4O6/c1-16-9-22(33)20(23(34)10-16)12-35-29(42)21-14-37-24-15-36(30(43)26(37)28(41)27(21)40)17(2)7-8-31(24)11-25(39)38(44-31)13-18-3-5-19(32)6-4-18/h3-6,9-10,14,17,24,41H,7-8,11-13,15H2,1-2H3,(H,35,42)/t17-,24+,31-/m0/s1. The highest BCUT2D eigenvalue weighted by atomic mass is 19.1. The van der Waals surface area contributed by atoms with Crippen LogP contribution in [0.5, 0.6) is 5.75 Å². The van der Waals surface area contributed by atoms with Gasteiger partial charge in [0, 0.05) is 30.9 Å². The zero-order valence-electron chi connectivity index (χ0n) is 23.9.